The van der Waals surface area contributed by atoms with Gasteiger partial charge in [0.25, 0.3) is 0 Å². The molecule has 2 unspecified atom stereocenters. The maximum atomic E-state index is 12.4. The first kappa shape index (κ1) is 33.0. The summed E-state index contributed by atoms with van der Waals surface area (Å²) < 4.78 is 0. The number of unbranched alkanes of at least 4 members (excludes halogenated alkanes) is 15. The van der Waals surface area contributed by atoms with Crippen LogP contribution in [0.5, 0.6) is 0 Å². The lowest BCUT2D eigenvalue weighted by Gasteiger charge is -2.29. The predicted octanol–water partition coefficient (Wildman–Crippen LogP) is 6.61. The number of carbonyl (C=O) groups is 2. The molecular weight excluding hydrogens is 428 g/mol. The van der Waals surface area contributed by atoms with E-state index < -0.39 is 29.9 Å². The number of hydrogen-bond donors (Lipinski definition) is 3. The van der Waals surface area contributed by atoms with E-state index in [1.54, 1.807) is 0 Å². The van der Waals surface area contributed by atoms with Crippen molar-refractivity contribution in [2.75, 3.05) is 6.61 Å². The summed E-state index contributed by atoms with van der Waals surface area (Å²) in [4.78, 5) is 24.8. The van der Waals surface area contributed by atoms with Crippen LogP contribution in [0.1, 0.15) is 142 Å². The summed E-state index contributed by atoms with van der Waals surface area (Å²) in [6.07, 6.45) is 22.3. The fourth-order valence-electron chi connectivity index (χ4n) is 4.21. The molecule has 0 aliphatic heterocycles. The SMILES string of the molecule is CCCCCCC=CCCCCCCCC(=O)C(O)C(O)(CO)C(=O)CCCCCCCCC. The molecule has 3 N–H and O–H groups in total. The van der Waals surface area contributed by atoms with E-state index in [-0.39, 0.29) is 12.8 Å². The standard InChI is InChI=1S/C29H54O5/c1-3-5-7-9-11-12-13-14-15-16-18-19-21-23-26(31)28(33)29(34,25-30)27(32)24-22-20-17-10-8-6-4-2/h12-13,28,30,33-34H,3-11,14-25H2,1-2H3. The highest BCUT2D eigenvalue weighted by molar-refractivity contribution is 5.96. The quantitative estimate of drug-likeness (QED) is 0.101. The molecule has 34 heavy (non-hydrogen) atoms. The van der Waals surface area contributed by atoms with Crippen LogP contribution < -0.4 is 0 Å². The summed E-state index contributed by atoms with van der Waals surface area (Å²) in [5.74, 6) is -1.20. The third-order valence-electron chi connectivity index (χ3n) is 6.67. The highest BCUT2D eigenvalue weighted by Gasteiger charge is 2.45. The maximum absolute atomic E-state index is 12.4. The molecule has 0 radical (unpaired) electrons. The molecule has 5 heteroatoms. The average Bonchev–Trinajstić information content (AvgIpc) is 2.84. The Bertz CT molecular complexity index is 531. The van der Waals surface area contributed by atoms with Crippen molar-refractivity contribution in [3.05, 3.63) is 12.2 Å². The van der Waals surface area contributed by atoms with Gasteiger partial charge < -0.3 is 15.3 Å². The first-order valence-corrected chi connectivity index (χ1v) is 14.2. The van der Waals surface area contributed by atoms with Gasteiger partial charge in [0, 0.05) is 12.8 Å². The highest BCUT2D eigenvalue weighted by atomic mass is 16.4. The molecule has 0 spiro atoms. The zero-order valence-electron chi connectivity index (χ0n) is 22.2. The van der Waals surface area contributed by atoms with Crippen LogP contribution in [-0.4, -0.2) is 45.2 Å². The number of carbonyl (C=O) groups excluding carboxylic acids is 2. The Morgan fingerprint density at radius 2 is 1.09 bits per heavy atom. The zero-order valence-corrected chi connectivity index (χ0v) is 22.2. The van der Waals surface area contributed by atoms with Crippen molar-refractivity contribution in [1.29, 1.82) is 0 Å². The van der Waals surface area contributed by atoms with E-state index in [4.69, 9.17) is 0 Å². The van der Waals surface area contributed by atoms with E-state index in [0.717, 1.165) is 51.4 Å². The van der Waals surface area contributed by atoms with Gasteiger partial charge in [-0.15, -0.1) is 0 Å². The lowest BCUT2D eigenvalue weighted by molar-refractivity contribution is -0.165. The van der Waals surface area contributed by atoms with Crippen LogP contribution in [-0.2, 0) is 9.59 Å². The van der Waals surface area contributed by atoms with Crippen molar-refractivity contribution in [2.45, 2.75) is 154 Å². The fraction of sp³-hybridized carbons (Fsp3) is 0.862. The van der Waals surface area contributed by atoms with E-state index in [0.29, 0.717) is 12.8 Å². The molecule has 0 rings (SSSR count). The highest BCUT2D eigenvalue weighted by Crippen LogP contribution is 2.20. The Morgan fingerprint density at radius 3 is 1.59 bits per heavy atom. The minimum absolute atomic E-state index is 0.0718. The van der Waals surface area contributed by atoms with Crippen LogP contribution in [0.25, 0.3) is 0 Å². The molecule has 0 bridgehead atoms. The van der Waals surface area contributed by atoms with E-state index in [2.05, 4.69) is 26.0 Å². The van der Waals surface area contributed by atoms with Crippen LogP contribution in [0.4, 0.5) is 0 Å². The van der Waals surface area contributed by atoms with Crippen LogP contribution in [0.15, 0.2) is 12.2 Å². The molecule has 0 aromatic carbocycles. The van der Waals surface area contributed by atoms with Crippen LogP contribution >= 0.6 is 0 Å². The monoisotopic (exact) mass is 482 g/mol. The first-order chi connectivity index (χ1) is 16.4. The second-order valence-electron chi connectivity index (χ2n) is 9.87. The summed E-state index contributed by atoms with van der Waals surface area (Å²) in [7, 11) is 0. The van der Waals surface area contributed by atoms with Gasteiger partial charge in [0.1, 0.15) is 0 Å². The third kappa shape index (κ3) is 15.8. The summed E-state index contributed by atoms with van der Waals surface area (Å²) in [6.45, 7) is 3.46. The first-order valence-electron chi connectivity index (χ1n) is 14.2. The molecular formula is C29H54O5. The molecule has 0 heterocycles. The van der Waals surface area contributed by atoms with Gasteiger partial charge in [0.05, 0.1) is 6.61 Å². The molecule has 5 nitrogen and oxygen atoms in total. The largest absolute Gasteiger partial charge is 0.393 e. The van der Waals surface area contributed by atoms with Gasteiger partial charge in [-0.25, -0.2) is 0 Å². The van der Waals surface area contributed by atoms with Gasteiger partial charge in [-0.2, -0.15) is 0 Å². The maximum Gasteiger partial charge on any atom is 0.178 e. The molecule has 0 aliphatic carbocycles. The minimum atomic E-state index is -2.37. The van der Waals surface area contributed by atoms with E-state index in [1.165, 1.54) is 51.4 Å². The number of allylic oxidation sites excluding steroid dienone is 2. The fourth-order valence-corrected chi connectivity index (χ4v) is 4.21. The van der Waals surface area contributed by atoms with Gasteiger partial charge in [-0.3, -0.25) is 9.59 Å². The summed E-state index contributed by atoms with van der Waals surface area (Å²) >= 11 is 0. The number of hydrogen-bond acceptors (Lipinski definition) is 5. The molecule has 0 aromatic heterocycles. The van der Waals surface area contributed by atoms with E-state index >= 15 is 0 Å². The lowest BCUT2D eigenvalue weighted by atomic mass is 9.85. The Balaban J connectivity index is 4.00. The van der Waals surface area contributed by atoms with Gasteiger partial charge in [0.2, 0.25) is 0 Å². The molecule has 0 aromatic rings. The number of aliphatic hydroxyl groups is 3. The topological polar surface area (TPSA) is 94.8 Å². The molecule has 0 aliphatic rings. The van der Waals surface area contributed by atoms with E-state index in [9.17, 15) is 24.9 Å². The van der Waals surface area contributed by atoms with Crippen LogP contribution in [0, 0.1) is 0 Å². The Hall–Kier alpha value is -1.04. The summed E-state index contributed by atoms with van der Waals surface area (Å²) in [6, 6.07) is 0. The smallest absolute Gasteiger partial charge is 0.178 e. The predicted molar refractivity (Wildman–Crippen MR) is 141 cm³/mol. The minimum Gasteiger partial charge on any atom is -0.393 e. The second-order valence-corrected chi connectivity index (χ2v) is 9.87. The van der Waals surface area contributed by atoms with Crippen molar-refractivity contribution in [3.8, 4) is 0 Å². The van der Waals surface area contributed by atoms with Crippen molar-refractivity contribution in [1.82, 2.24) is 0 Å². The van der Waals surface area contributed by atoms with Gasteiger partial charge >= 0.3 is 0 Å². The van der Waals surface area contributed by atoms with Crippen LogP contribution in [0.2, 0.25) is 0 Å². The molecule has 0 fully saturated rings. The zero-order chi connectivity index (χ0) is 25.5. The molecule has 0 amide bonds. The van der Waals surface area contributed by atoms with Gasteiger partial charge in [-0.1, -0.05) is 103 Å². The number of rotatable bonds is 25. The Morgan fingerprint density at radius 1 is 0.676 bits per heavy atom. The van der Waals surface area contributed by atoms with Crippen molar-refractivity contribution in [3.63, 3.8) is 0 Å². The molecule has 0 saturated heterocycles. The van der Waals surface area contributed by atoms with Crippen molar-refractivity contribution < 1.29 is 24.9 Å². The van der Waals surface area contributed by atoms with Crippen molar-refractivity contribution >= 4 is 11.6 Å². The van der Waals surface area contributed by atoms with Gasteiger partial charge in [0.15, 0.2) is 23.3 Å². The normalized spacial score (nSPS) is 14.4. The Kier molecular flexibility index (Phi) is 21.7. The number of aliphatic hydroxyl groups excluding tert-OH is 2. The molecule has 200 valence electrons. The number of ketones is 2. The third-order valence-corrected chi connectivity index (χ3v) is 6.67. The van der Waals surface area contributed by atoms with Gasteiger partial charge in [-0.05, 0) is 38.5 Å². The van der Waals surface area contributed by atoms with Crippen molar-refractivity contribution in [2.24, 2.45) is 0 Å². The average molecular weight is 483 g/mol. The molecule has 0 saturated carbocycles. The van der Waals surface area contributed by atoms with Crippen LogP contribution in [0.3, 0.4) is 0 Å². The second kappa shape index (κ2) is 22.4. The summed E-state index contributed by atoms with van der Waals surface area (Å²) in [5, 5.41) is 30.4. The van der Waals surface area contributed by atoms with E-state index in [1.807, 2.05) is 0 Å². The lowest BCUT2D eigenvalue weighted by Crippen LogP contribution is -2.55. The summed E-state index contributed by atoms with van der Waals surface area (Å²) in [5.41, 5.74) is -2.37. The molecule has 2 atom stereocenters. The number of Topliss-reactive ketones (excluding diaryl/α,β-unsaturated/α-hetero) is 2. The Labute approximate surface area is 209 Å².